The SMILES string of the molecule is CC(C)(CN)c1nc(-c2ccc3c(c2)C=CC3=NO)c(-c2ccncc2)[nH]1. The zero-order valence-corrected chi connectivity index (χ0v) is 15.3. The Balaban J connectivity index is 1.89. The quantitative estimate of drug-likeness (QED) is 0.489. The van der Waals surface area contributed by atoms with Crippen LogP contribution in [0.1, 0.15) is 30.8 Å². The van der Waals surface area contributed by atoms with E-state index < -0.39 is 0 Å². The molecular weight excluding hydrogens is 338 g/mol. The summed E-state index contributed by atoms with van der Waals surface area (Å²) < 4.78 is 0. The average molecular weight is 359 g/mol. The molecule has 1 aliphatic rings. The van der Waals surface area contributed by atoms with E-state index >= 15 is 0 Å². The predicted molar refractivity (Wildman–Crippen MR) is 107 cm³/mol. The summed E-state index contributed by atoms with van der Waals surface area (Å²) >= 11 is 0. The Morgan fingerprint density at radius 1 is 1.11 bits per heavy atom. The number of oxime groups is 1. The Hall–Kier alpha value is -3.25. The maximum atomic E-state index is 9.11. The van der Waals surface area contributed by atoms with Crippen LogP contribution in [0.25, 0.3) is 28.6 Å². The van der Waals surface area contributed by atoms with Crippen LogP contribution in [0.3, 0.4) is 0 Å². The fourth-order valence-corrected chi connectivity index (χ4v) is 3.15. The van der Waals surface area contributed by atoms with E-state index in [0.717, 1.165) is 39.5 Å². The van der Waals surface area contributed by atoms with Crippen molar-refractivity contribution in [1.29, 1.82) is 0 Å². The summed E-state index contributed by atoms with van der Waals surface area (Å²) in [6, 6.07) is 9.93. The number of rotatable bonds is 4. The van der Waals surface area contributed by atoms with Gasteiger partial charge in [-0.25, -0.2) is 4.98 Å². The highest BCUT2D eigenvalue weighted by molar-refractivity contribution is 6.17. The van der Waals surface area contributed by atoms with Crippen LogP contribution in [0.2, 0.25) is 0 Å². The highest BCUT2D eigenvalue weighted by Gasteiger charge is 2.26. The van der Waals surface area contributed by atoms with Gasteiger partial charge in [-0.1, -0.05) is 37.2 Å². The Morgan fingerprint density at radius 3 is 2.59 bits per heavy atom. The summed E-state index contributed by atoms with van der Waals surface area (Å²) in [6.07, 6.45) is 7.27. The van der Waals surface area contributed by atoms with Crippen molar-refractivity contribution in [2.24, 2.45) is 10.9 Å². The molecule has 3 aromatic rings. The molecule has 0 atom stereocenters. The Morgan fingerprint density at radius 2 is 1.89 bits per heavy atom. The summed E-state index contributed by atoms with van der Waals surface area (Å²) in [5.41, 5.74) is 12.0. The molecule has 6 nitrogen and oxygen atoms in total. The fourth-order valence-electron chi connectivity index (χ4n) is 3.15. The summed E-state index contributed by atoms with van der Waals surface area (Å²) in [7, 11) is 0. The molecule has 6 heteroatoms. The zero-order chi connectivity index (χ0) is 19.0. The van der Waals surface area contributed by atoms with Crippen LogP contribution in [-0.4, -0.2) is 32.4 Å². The van der Waals surface area contributed by atoms with Crippen LogP contribution in [0.4, 0.5) is 0 Å². The van der Waals surface area contributed by atoms with E-state index in [4.69, 9.17) is 15.9 Å². The van der Waals surface area contributed by atoms with E-state index in [1.54, 1.807) is 18.5 Å². The molecule has 2 heterocycles. The minimum Gasteiger partial charge on any atom is -0.410 e. The first-order chi connectivity index (χ1) is 13.0. The van der Waals surface area contributed by atoms with Gasteiger partial charge in [-0.05, 0) is 29.8 Å². The lowest BCUT2D eigenvalue weighted by Gasteiger charge is -2.18. The van der Waals surface area contributed by atoms with Gasteiger partial charge < -0.3 is 15.9 Å². The number of pyridine rings is 1. The van der Waals surface area contributed by atoms with Gasteiger partial charge >= 0.3 is 0 Å². The van der Waals surface area contributed by atoms with Gasteiger partial charge in [0.15, 0.2) is 0 Å². The highest BCUT2D eigenvalue weighted by Crippen LogP contribution is 2.35. The zero-order valence-electron chi connectivity index (χ0n) is 15.3. The van der Waals surface area contributed by atoms with Crippen molar-refractivity contribution in [3.63, 3.8) is 0 Å². The van der Waals surface area contributed by atoms with Gasteiger partial charge in [-0.3, -0.25) is 4.98 Å². The smallest absolute Gasteiger partial charge is 0.114 e. The molecule has 0 radical (unpaired) electrons. The summed E-state index contributed by atoms with van der Waals surface area (Å²) in [4.78, 5) is 12.5. The number of hydrogen-bond acceptors (Lipinski definition) is 5. The summed E-state index contributed by atoms with van der Waals surface area (Å²) in [6.45, 7) is 4.63. The van der Waals surface area contributed by atoms with Crippen molar-refractivity contribution in [3.05, 3.63) is 65.8 Å². The first-order valence-corrected chi connectivity index (χ1v) is 8.79. The van der Waals surface area contributed by atoms with Crippen molar-refractivity contribution < 1.29 is 5.21 Å². The Labute approximate surface area is 157 Å². The van der Waals surface area contributed by atoms with E-state index in [2.05, 4.69) is 35.0 Å². The minimum atomic E-state index is -0.270. The number of benzene rings is 1. The van der Waals surface area contributed by atoms with Crippen LogP contribution in [0.15, 0.2) is 54.0 Å². The normalized spacial score (nSPS) is 14.7. The van der Waals surface area contributed by atoms with Gasteiger partial charge in [0, 0.05) is 41.0 Å². The maximum absolute atomic E-state index is 9.11. The number of nitrogens with two attached hydrogens (primary N) is 1. The van der Waals surface area contributed by atoms with Gasteiger partial charge in [0.1, 0.15) is 11.5 Å². The second-order valence-corrected chi connectivity index (χ2v) is 7.25. The lowest BCUT2D eigenvalue weighted by molar-refractivity contribution is 0.320. The third-order valence-electron chi connectivity index (χ3n) is 4.95. The van der Waals surface area contributed by atoms with Crippen LogP contribution in [0.5, 0.6) is 0 Å². The minimum absolute atomic E-state index is 0.270. The second-order valence-electron chi connectivity index (χ2n) is 7.25. The number of imidazole rings is 1. The van der Waals surface area contributed by atoms with Crippen LogP contribution in [0, 0.1) is 0 Å². The molecule has 0 bridgehead atoms. The maximum Gasteiger partial charge on any atom is 0.114 e. The number of hydrogen-bond donors (Lipinski definition) is 3. The van der Waals surface area contributed by atoms with Gasteiger partial charge in [-0.15, -0.1) is 0 Å². The monoisotopic (exact) mass is 359 g/mol. The molecule has 27 heavy (non-hydrogen) atoms. The molecule has 136 valence electrons. The number of allylic oxidation sites excluding steroid dienone is 1. The summed E-state index contributed by atoms with van der Waals surface area (Å²) in [5, 5.41) is 12.4. The average Bonchev–Trinajstić information content (AvgIpc) is 3.33. The van der Waals surface area contributed by atoms with Crippen LogP contribution < -0.4 is 5.73 Å². The third kappa shape index (κ3) is 2.94. The van der Waals surface area contributed by atoms with Gasteiger partial charge in [0.2, 0.25) is 0 Å². The molecule has 0 spiro atoms. The number of aromatic nitrogens is 3. The van der Waals surface area contributed by atoms with E-state index in [-0.39, 0.29) is 5.41 Å². The topological polar surface area (TPSA) is 100 Å². The van der Waals surface area contributed by atoms with Crippen LogP contribution in [-0.2, 0) is 5.41 Å². The van der Waals surface area contributed by atoms with Crippen molar-refractivity contribution in [1.82, 2.24) is 15.0 Å². The molecule has 0 fully saturated rings. The van der Waals surface area contributed by atoms with E-state index in [1.165, 1.54) is 0 Å². The fraction of sp³-hybridized carbons (Fsp3) is 0.190. The van der Waals surface area contributed by atoms with Crippen molar-refractivity contribution in [3.8, 4) is 22.5 Å². The largest absolute Gasteiger partial charge is 0.410 e. The van der Waals surface area contributed by atoms with Crippen molar-refractivity contribution in [2.75, 3.05) is 6.54 Å². The molecule has 0 aliphatic heterocycles. The Kier molecular flexibility index (Phi) is 4.12. The van der Waals surface area contributed by atoms with E-state index in [0.29, 0.717) is 12.3 Å². The lowest BCUT2D eigenvalue weighted by atomic mass is 9.93. The number of H-pyrrole nitrogens is 1. The molecule has 4 rings (SSSR count). The first kappa shape index (κ1) is 17.2. The van der Waals surface area contributed by atoms with Gasteiger partial charge in [0.25, 0.3) is 0 Å². The number of nitrogens with one attached hydrogen (secondary N) is 1. The van der Waals surface area contributed by atoms with Gasteiger partial charge in [0.05, 0.1) is 11.4 Å². The molecule has 1 aromatic carbocycles. The highest BCUT2D eigenvalue weighted by atomic mass is 16.4. The summed E-state index contributed by atoms with van der Waals surface area (Å²) in [5.74, 6) is 0.848. The predicted octanol–water partition coefficient (Wildman–Crippen LogP) is 3.58. The van der Waals surface area contributed by atoms with E-state index in [1.807, 2.05) is 30.3 Å². The second kappa shape index (κ2) is 6.48. The molecular formula is C21H21N5O. The first-order valence-electron chi connectivity index (χ1n) is 8.79. The lowest BCUT2D eigenvalue weighted by Crippen LogP contribution is -2.29. The van der Waals surface area contributed by atoms with Crippen LogP contribution >= 0.6 is 0 Å². The molecule has 0 saturated carbocycles. The van der Waals surface area contributed by atoms with Gasteiger partial charge in [-0.2, -0.15) is 0 Å². The standard InChI is InChI=1S/C21H21N5O/c1-21(2,12-22)20-24-18(13-7-9-23-10-8-13)19(25-20)15-3-5-16-14(11-15)4-6-17(16)26-27/h3-11,27H,12,22H2,1-2H3,(H,24,25). The Bertz CT molecular complexity index is 1050. The third-order valence-corrected chi connectivity index (χ3v) is 4.95. The van der Waals surface area contributed by atoms with E-state index in [9.17, 15) is 0 Å². The number of aromatic amines is 1. The molecule has 0 unspecified atom stereocenters. The molecule has 1 aliphatic carbocycles. The molecule has 4 N–H and O–H groups in total. The van der Waals surface area contributed by atoms with Crippen molar-refractivity contribution in [2.45, 2.75) is 19.3 Å². The van der Waals surface area contributed by atoms with Crippen molar-refractivity contribution >= 4 is 11.8 Å². The molecule has 0 amide bonds. The molecule has 2 aromatic heterocycles. The molecule has 0 saturated heterocycles. The number of fused-ring (bicyclic) bond motifs is 1. The number of nitrogens with zero attached hydrogens (tertiary/aromatic N) is 3.